The third kappa shape index (κ3) is 2.15. The van der Waals surface area contributed by atoms with Crippen LogP contribution in [0.5, 0.6) is 0 Å². The maximum absolute atomic E-state index is 13.2. The van der Waals surface area contributed by atoms with E-state index in [-0.39, 0.29) is 5.82 Å². The van der Waals surface area contributed by atoms with Crippen LogP contribution in [-0.4, -0.2) is 9.97 Å². The minimum Gasteiger partial charge on any atom is -0.263 e. The molecule has 3 rings (SSSR count). The highest BCUT2D eigenvalue weighted by Gasteiger charge is 2.04. The zero-order chi connectivity index (χ0) is 12.4. The maximum Gasteiger partial charge on any atom is 0.124 e. The van der Waals surface area contributed by atoms with Gasteiger partial charge in [-0.2, -0.15) is 0 Å². The third-order valence-corrected chi connectivity index (χ3v) is 3.40. The van der Waals surface area contributed by atoms with Gasteiger partial charge in [0.05, 0.1) is 0 Å². The first-order valence-electron chi connectivity index (χ1n) is 5.44. The summed E-state index contributed by atoms with van der Waals surface area (Å²) in [6, 6.07) is 8.47. The van der Waals surface area contributed by atoms with Crippen molar-refractivity contribution in [3.05, 3.63) is 60.1 Å². The van der Waals surface area contributed by atoms with Crippen molar-refractivity contribution in [3.63, 3.8) is 0 Å². The van der Waals surface area contributed by atoms with Crippen LogP contribution in [0.1, 0.15) is 0 Å². The molecule has 0 atom stereocenters. The van der Waals surface area contributed by atoms with Crippen molar-refractivity contribution in [2.75, 3.05) is 0 Å². The van der Waals surface area contributed by atoms with Crippen molar-refractivity contribution in [2.45, 2.75) is 0 Å². The first-order chi connectivity index (χ1) is 8.83. The lowest BCUT2D eigenvalue weighted by atomic mass is 10.1. The molecule has 2 nitrogen and oxygen atoms in total. The third-order valence-electron chi connectivity index (χ3n) is 2.58. The second-order valence-electron chi connectivity index (χ2n) is 3.81. The highest BCUT2D eigenvalue weighted by atomic mass is 32.1. The smallest absolute Gasteiger partial charge is 0.124 e. The molecule has 1 aromatic carbocycles. The second-order valence-corrected chi connectivity index (χ2v) is 4.70. The zero-order valence-corrected chi connectivity index (χ0v) is 10.2. The van der Waals surface area contributed by atoms with Gasteiger partial charge < -0.3 is 0 Å². The maximum atomic E-state index is 13.2. The average Bonchev–Trinajstić information content (AvgIpc) is 2.93. The first kappa shape index (κ1) is 11.0. The minimum atomic E-state index is -0.243. The molecule has 0 aliphatic heterocycles. The largest absolute Gasteiger partial charge is 0.263 e. The molecular weight excluding hydrogens is 247 g/mol. The Kier molecular flexibility index (Phi) is 2.86. The Morgan fingerprint density at radius 2 is 1.89 bits per heavy atom. The van der Waals surface area contributed by atoms with Crippen LogP contribution in [0.2, 0.25) is 0 Å². The van der Waals surface area contributed by atoms with E-state index in [0.29, 0.717) is 0 Å². The molecule has 0 aliphatic carbocycles. The molecule has 0 amide bonds. The van der Waals surface area contributed by atoms with Crippen LogP contribution >= 0.6 is 11.3 Å². The Morgan fingerprint density at radius 3 is 2.67 bits per heavy atom. The minimum absolute atomic E-state index is 0.243. The highest BCUT2D eigenvalue weighted by Crippen LogP contribution is 2.26. The normalized spacial score (nSPS) is 10.5. The van der Waals surface area contributed by atoms with Crippen molar-refractivity contribution < 1.29 is 4.39 Å². The summed E-state index contributed by atoms with van der Waals surface area (Å²) in [5.74, 6) is -0.243. The van der Waals surface area contributed by atoms with E-state index in [2.05, 4.69) is 9.97 Å². The van der Waals surface area contributed by atoms with E-state index in [9.17, 15) is 4.39 Å². The second kappa shape index (κ2) is 4.66. The van der Waals surface area contributed by atoms with Gasteiger partial charge in [-0.1, -0.05) is 12.1 Å². The Balaban J connectivity index is 2.06. The van der Waals surface area contributed by atoms with Gasteiger partial charge in [0.25, 0.3) is 0 Å². The molecule has 88 valence electrons. The van der Waals surface area contributed by atoms with Crippen molar-refractivity contribution in [1.29, 1.82) is 0 Å². The molecule has 0 aliphatic rings. The van der Waals surface area contributed by atoms with Gasteiger partial charge in [-0.3, -0.25) is 4.98 Å². The van der Waals surface area contributed by atoms with Gasteiger partial charge in [0.15, 0.2) is 0 Å². The fourth-order valence-corrected chi connectivity index (χ4v) is 2.37. The molecule has 2 aromatic heterocycles. The topological polar surface area (TPSA) is 25.8 Å². The van der Waals surface area contributed by atoms with Crippen molar-refractivity contribution in [3.8, 4) is 21.7 Å². The predicted octanol–water partition coefficient (Wildman–Crippen LogP) is 4.01. The monoisotopic (exact) mass is 256 g/mol. The summed E-state index contributed by atoms with van der Waals surface area (Å²) < 4.78 is 13.2. The molecule has 2 heterocycles. The Morgan fingerprint density at radius 1 is 1.00 bits per heavy atom. The van der Waals surface area contributed by atoms with Crippen molar-refractivity contribution >= 4 is 11.3 Å². The van der Waals surface area contributed by atoms with Crippen LogP contribution < -0.4 is 0 Å². The van der Waals surface area contributed by atoms with Crippen LogP contribution in [0, 0.1) is 5.82 Å². The van der Waals surface area contributed by atoms with Gasteiger partial charge in [-0.25, -0.2) is 9.37 Å². The fraction of sp³-hybridized carbons (Fsp3) is 0. The lowest BCUT2D eigenvalue weighted by Crippen LogP contribution is -1.84. The van der Waals surface area contributed by atoms with Crippen molar-refractivity contribution in [2.24, 2.45) is 0 Å². The van der Waals surface area contributed by atoms with Gasteiger partial charge in [-0.05, 0) is 23.8 Å². The number of benzene rings is 1. The number of halogens is 1. The number of pyridine rings is 1. The fourth-order valence-electron chi connectivity index (χ4n) is 1.75. The van der Waals surface area contributed by atoms with E-state index in [4.69, 9.17) is 0 Å². The van der Waals surface area contributed by atoms with Crippen LogP contribution in [0.15, 0.2) is 54.3 Å². The molecule has 0 fully saturated rings. The molecular formula is C14H9FN2S. The van der Waals surface area contributed by atoms with Gasteiger partial charge in [0.2, 0.25) is 0 Å². The summed E-state index contributed by atoms with van der Waals surface area (Å²) in [6.45, 7) is 0. The van der Waals surface area contributed by atoms with Crippen LogP contribution in [0.4, 0.5) is 4.39 Å². The summed E-state index contributed by atoms with van der Waals surface area (Å²) in [5.41, 5.74) is 2.66. The van der Waals surface area contributed by atoms with E-state index >= 15 is 0 Å². The zero-order valence-electron chi connectivity index (χ0n) is 9.38. The molecule has 0 bridgehead atoms. The Labute approximate surface area is 108 Å². The van der Waals surface area contributed by atoms with Gasteiger partial charge >= 0.3 is 0 Å². The molecule has 0 saturated heterocycles. The molecule has 4 heteroatoms. The lowest BCUT2D eigenvalue weighted by molar-refractivity contribution is 0.628. The van der Waals surface area contributed by atoms with E-state index in [1.165, 1.54) is 12.1 Å². The summed E-state index contributed by atoms with van der Waals surface area (Å²) >= 11 is 1.56. The number of thiazole rings is 1. The van der Waals surface area contributed by atoms with Gasteiger partial charge in [0.1, 0.15) is 10.8 Å². The molecule has 3 aromatic rings. The predicted molar refractivity (Wildman–Crippen MR) is 70.7 cm³/mol. The SMILES string of the molecule is Fc1cccc(-c2cncc(-c3nccs3)c2)c1. The number of aromatic nitrogens is 2. The average molecular weight is 256 g/mol. The Hall–Kier alpha value is -2.07. The van der Waals surface area contributed by atoms with E-state index < -0.39 is 0 Å². The molecule has 0 N–H and O–H groups in total. The molecule has 0 radical (unpaired) electrons. The molecule has 0 unspecified atom stereocenters. The lowest BCUT2D eigenvalue weighted by Gasteiger charge is -2.03. The summed E-state index contributed by atoms with van der Waals surface area (Å²) in [5, 5.41) is 2.84. The first-order valence-corrected chi connectivity index (χ1v) is 6.32. The van der Waals surface area contributed by atoms with E-state index in [0.717, 1.165) is 21.7 Å². The van der Waals surface area contributed by atoms with Crippen LogP contribution in [-0.2, 0) is 0 Å². The van der Waals surface area contributed by atoms with E-state index in [1.54, 1.807) is 36.0 Å². The van der Waals surface area contributed by atoms with Crippen LogP contribution in [0.25, 0.3) is 21.7 Å². The number of nitrogens with zero attached hydrogens (tertiary/aromatic N) is 2. The molecule has 18 heavy (non-hydrogen) atoms. The summed E-state index contributed by atoms with van der Waals surface area (Å²) in [4.78, 5) is 8.43. The number of rotatable bonds is 2. The van der Waals surface area contributed by atoms with Gasteiger partial charge in [0, 0.05) is 35.1 Å². The Bertz CT molecular complexity index is 665. The quantitative estimate of drug-likeness (QED) is 0.692. The molecule has 0 spiro atoms. The highest BCUT2D eigenvalue weighted by molar-refractivity contribution is 7.13. The van der Waals surface area contributed by atoms with Crippen LogP contribution in [0.3, 0.4) is 0 Å². The number of hydrogen-bond donors (Lipinski definition) is 0. The standard InChI is InChI=1S/C14H9FN2S/c15-13-3-1-2-10(7-13)11-6-12(9-16-8-11)14-17-4-5-18-14/h1-9H. The molecule has 0 saturated carbocycles. The summed E-state index contributed by atoms with van der Waals surface area (Å²) in [7, 11) is 0. The van der Waals surface area contributed by atoms with Gasteiger partial charge in [-0.15, -0.1) is 11.3 Å². The number of hydrogen-bond acceptors (Lipinski definition) is 3. The van der Waals surface area contributed by atoms with Crippen molar-refractivity contribution in [1.82, 2.24) is 9.97 Å². The summed E-state index contributed by atoms with van der Waals surface area (Å²) in [6.07, 6.45) is 5.25. The van der Waals surface area contributed by atoms with E-state index in [1.807, 2.05) is 17.5 Å².